The van der Waals surface area contributed by atoms with Crippen LogP contribution < -0.4 is 5.32 Å². The molecule has 1 aliphatic carbocycles. The van der Waals surface area contributed by atoms with Gasteiger partial charge in [-0.2, -0.15) is 0 Å². The van der Waals surface area contributed by atoms with Crippen LogP contribution in [0.25, 0.3) is 0 Å². The summed E-state index contributed by atoms with van der Waals surface area (Å²) < 4.78 is 0. The first-order chi connectivity index (χ1) is 16.7. The number of hydrogen-bond donors (Lipinski definition) is 2. The number of para-hydroxylation sites is 1. The van der Waals surface area contributed by atoms with Crippen molar-refractivity contribution in [2.75, 3.05) is 32.5 Å². The Kier molecular flexibility index (Phi) is 7.62. The van der Waals surface area contributed by atoms with E-state index in [1.807, 2.05) is 64.3 Å². The van der Waals surface area contributed by atoms with Crippen molar-refractivity contribution in [1.82, 2.24) is 9.80 Å². The summed E-state index contributed by atoms with van der Waals surface area (Å²) in [6.45, 7) is 5.72. The molecule has 6 heteroatoms. The molecule has 0 aromatic heterocycles. The quantitative estimate of drug-likeness (QED) is 0.608. The molecule has 6 nitrogen and oxygen atoms in total. The number of aromatic carboxylic acids is 1. The number of anilines is 1. The van der Waals surface area contributed by atoms with Crippen molar-refractivity contribution in [1.29, 1.82) is 0 Å². The summed E-state index contributed by atoms with van der Waals surface area (Å²) in [6.07, 6.45) is 5.88. The lowest BCUT2D eigenvalue weighted by Crippen LogP contribution is -2.61. The average Bonchev–Trinajstić information content (AvgIpc) is 2.86. The van der Waals surface area contributed by atoms with Gasteiger partial charge in [-0.15, -0.1) is 0 Å². The summed E-state index contributed by atoms with van der Waals surface area (Å²) in [5, 5.41) is 13.0. The van der Waals surface area contributed by atoms with Gasteiger partial charge < -0.3 is 10.4 Å². The van der Waals surface area contributed by atoms with Crippen molar-refractivity contribution in [3.63, 3.8) is 0 Å². The number of carbonyl (C=O) groups is 2. The summed E-state index contributed by atoms with van der Waals surface area (Å²) in [7, 11) is 4.01. The Hall–Kier alpha value is -2.70. The second-order valence-corrected chi connectivity index (χ2v) is 10.5. The molecule has 1 saturated heterocycles. The first kappa shape index (κ1) is 25.4. The number of amides is 1. The number of carboxylic acids is 1. The number of nitrogens with one attached hydrogen (secondary N) is 1. The van der Waals surface area contributed by atoms with Crippen LogP contribution in [0.5, 0.6) is 0 Å². The predicted molar refractivity (Wildman–Crippen MR) is 140 cm³/mol. The van der Waals surface area contributed by atoms with Crippen molar-refractivity contribution in [3.8, 4) is 0 Å². The van der Waals surface area contributed by atoms with Gasteiger partial charge in [0.2, 0.25) is 5.91 Å². The molecule has 0 radical (unpaired) electrons. The minimum Gasteiger partial charge on any atom is -0.478 e. The molecule has 1 aliphatic heterocycles. The average molecular weight is 478 g/mol. The molecule has 0 bridgehead atoms. The molecule has 4 rings (SSSR count). The molecule has 2 aromatic rings. The van der Waals surface area contributed by atoms with Crippen LogP contribution in [0.2, 0.25) is 0 Å². The molecule has 1 saturated carbocycles. The first-order valence-corrected chi connectivity index (χ1v) is 12.9. The number of hydrogen-bond acceptors (Lipinski definition) is 4. The Bertz CT molecular complexity index is 1050. The van der Waals surface area contributed by atoms with Gasteiger partial charge in [0.15, 0.2) is 0 Å². The monoisotopic (exact) mass is 477 g/mol. The van der Waals surface area contributed by atoms with E-state index >= 15 is 0 Å². The summed E-state index contributed by atoms with van der Waals surface area (Å²) >= 11 is 0. The molecule has 188 valence electrons. The van der Waals surface area contributed by atoms with Crippen molar-refractivity contribution >= 4 is 17.6 Å². The molecule has 0 unspecified atom stereocenters. The van der Waals surface area contributed by atoms with E-state index in [2.05, 4.69) is 15.1 Å². The summed E-state index contributed by atoms with van der Waals surface area (Å²) in [5.74, 6) is -0.569. The third-order valence-corrected chi connectivity index (χ3v) is 8.41. The Labute approximate surface area is 209 Å². The van der Waals surface area contributed by atoms with Crippen LogP contribution in [-0.4, -0.2) is 65.5 Å². The number of aryl methyl sites for hydroxylation is 2. The largest absolute Gasteiger partial charge is 0.478 e. The van der Waals surface area contributed by atoms with E-state index in [-0.39, 0.29) is 11.8 Å². The Morgan fingerprint density at radius 3 is 2.23 bits per heavy atom. The highest BCUT2D eigenvalue weighted by Crippen LogP contribution is 2.40. The van der Waals surface area contributed by atoms with Gasteiger partial charge in [-0.3, -0.25) is 14.6 Å². The normalized spacial score (nSPS) is 22.7. The number of piperidine rings is 1. The molecule has 35 heavy (non-hydrogen) atoms. The molecule has 2 N–H and O–H groups in total. The van der Waals surface area contributed by atoms with Crippen LogP contribution in [0.3, 0.4) is 0 Å². The number of likely N-dealkylation sites (tertiary alicyclic amines) is 1. The number of nitrogens with zero attached hydrogens (tertiary/aromatic N) is 2. The Morgan fingerprint density at radius 1 is 0.971 bits per heavy atom. The van der Waals surface area contributed by atoms with Gasteiger partial charge in [-0.05, 0) is 76.4 Å². The van der Waals surface area contributed by atoms with Crippen LogP contribution in [0.4, 0.5) is 5.69 Å². The van der Waals surface area contributed by atoms with E-state index in [0.717, 1.165) is 67.6 Å². The fraction of sp³-hybridized carbons (Fsp3) is 0.517. The molecule has 2 aliphatic rings. The number of rotatable bonds is 6. The maximum atomic E-state index is 13.7. The van der Waals surface area contributed by atoms with Gasteiger partial charge in [0.05, 0.1) is 5.56 Å². The van der Waals surface area contributed by atoms with Gasteiger partial charge in [-0.1, -0.05) is 49.2 Å². The van der Waals surface area contributed by atoms with Crippen molar-refractivity contribution in [3.05, 3.63) is 64.7 Å². The molecule has 2 fully saturated rings. The lowest BCUT2D eigenvalue weighted by atomic mass is 9.76. The third kappa shape index (κ3) is 5.00. The van der Waals surface area contributed by atoms with Gasteiger partial charge >= 0.3 is 5.97 Å². The van der Waals surface area contributed by atoms with E-state index < -0.39 is 11.5 Å². The summed E-state index contributed by atoms with van der Waals surface area (Å²) in [4.78, 5) is 30.2. The van der Waals surface area contributed by atoms with Crippen LogP contribution in [0.1, 0.15) is 71.5 Å². The zero-order valence-electron chi connectivity index (χ0n) is 21.5. The van der Waals surface area contributed by atoms with Gasteiger partial charge in [0.1, 0.15) is 5.54 Å². The third-order valence-electron chi connectivity index (χ3n) is 8.41. The second-order valence-electron chi connectivity index (χ2n) is 10.5. The number of carboxylic acid groups (broad SMARTS) is 1. The van der Waals surface area contributed by atoms with E-state index in [1.54, 1.807) is 6.07 Å². The van der Waals surface area contributed by atoms with Crippen molar-refractivity contribution < 1.29 is 14.7 Å². The number of likely N-dealkylation sites (N-methyl/N-ethyl adjacent to an activating group) is 1. The van der Waals surface area contributed by atoms with Crippen molar-refractivity contribution in [2.45, 2.75) is 69.9 Å². The SMILES string of the molecule is Cc1cccc(C)c1NC(=O)C1(N(C)C)CCN([C@@H]2CCCC[C@H]2c2ccccc2C(=O)O)CC1. The highest BCUT2D eigenvalue weighted by atomic mass is 16.4. The Morgan fingerprint density at radius 2 is 1.60 bits per heavy atom. The highest BCUT2D eigenvalue weighted by Gasteiger charge is 2.46. The minimum atomic E-state index is -0.849. The fourth-order valence-electron chi connectivity index (χ4n) is 6.27. The molecule has 1 heterocycles. The second kappa shape index (κ2) is 10.5. The summed E-state index contributed by atoms with van der Waals surface area (Å²) in [5.41, 5.74) is 3.89. The van der Waals surface area contributed by atoms with Crippen LogP contribution >= 0.6 is 0 Å². The van der Waals surface area contributed by atoms with Crippen LogP contribution in [0, 0.1) is 13.8 Å². The minimum absolute atomic E-state index is 0.0657. The smallest absolute Gasteiger partial charge is 0.335 e. The predicted octanol–water partition coefficient (Wildman–Crippen LogP) is 5.06. The highest BCUT2D eigenvalue weighted by molar-refractivity contribution is 5.99. The van der Waals surface area contributed by atoms with E-state index in [9.17, 15) is 14.7 Å². The van der Waals surface area contributed by atoms with Gasteiger partial charge in [0.25, 0.3) is 0 Å². The van der Waals surface area contributed by atoms with E-state index in [4.69, 9.17) is 0 Å². The first-order valence-electron chi connectivity index (χ1n) is 12.9. The topological polar surface area (TPSA) is 72.9 Å². The number of benzene rings is 2. The van der Waals surface area contributed by atoms with Gasteiger partial charge in [-0.25, -0.2) is 4.79 Å². The van der Waals surface area contributed by atoms with E-state index in [1.165, 1.54) is 6.42 Å². The lowest BCUT2D eigenvalue weighted by Gasteiger charge is -2.49. The maximum absolute atomic E-state index is 13.7. The van der Waals surface area contributed by atoms with Crippen molar-refractivity contribution in [2.24, 2.45) is 0 Å². The molecule has 2 aromatic carbocycles. The Balaban J connectivity index is 1.53. The standard InChI is InChI=1S/C29H39N3O3/c1-20-10-9-11-21(2)26(20)30-28(35)29(31(3)4)16-18-32(19-17-29)25-15-8-7-13-23(25)22-12-5-6-14-24(22)27(33)34/h5-6,9-12,14,23,25H,7-8,13,15-19H2,1-4H3,(H,30,35)(H,33,34)/t23-,25+/m0/s1. The lowest BCUT2D eigenvalue weighted by molar-refractivity contribution is -0.130. The number of carbonyl (C=O) groups excluding carboxylic acids is 1. The maximum Gasteiger partial charge on any atom is 0.335 e. The molecular formula is C29H39N3O3. The zero-order valence-corrected chi connectivity index (χ0v) is 21.5. The van der Waals surface area contributed by atoms with Gasteiger partial charge in [0, 0.05) is 30.7 Å². The molecule has 0 spiro atoms. The van der Waals surface area contributed by atoms with Crippen LogP contribution in [0.15, 0.2) is 42.5 Å². The fourth-order valence-corrected chi connectivity index (χ4v) is 6.27. The molecular weight excluding hydrogens is 438 g/mol. The van der Waals surface area contributed by atoms with E-state index in [0.29, 0.717) is 11.6 Å². The molecule has 1 amide bonds. The summed E-state index contributed by atoms with van der Waals surface area (Å²) in [6, 6.07) is 13.9. The molecule has 2 atom stereocenters. The zero-order chi connectivity index (χ0) is 25.2. The van der Waals surface area contributed by atoms with Crippen LogP contribution in [-0.2, 0) is 4.79 Å².